The van der Waals surface area contributed by atoms with Gasteiger partial charge in [-0.2, -0.15) is 0 Å². The lowest BCUT2D eigenvalue weighted by atomic mass is 9.79. The molecule has 0 amide bonds. The summed E-state index contributed by atoms with van der Waals surface area (Å²) >= 11 is 0. The molecule has 0 radical (unpaired) electrons. The molecule has 7 nitrogen and oxygen atoms in total. The average molecular weight is 742 g/mol. The van der Waals surface area contributed by atoms with Gasteiger partial charge in [0.25, 0.3) is 0 Å². The average Bonchev–Trinajstić information content (AvgIpc) is 3.13. The van der Waals surface area contributed by atoms with Gasteiger partial charge in [0, 0.05) is 25.3 Å². The molecule has 0 saturated carbocycles. The van der Waals surface area contributed by atoms with Crippen molar-refractivity contribution in [1.82, 2.24) is 4.90 Å². The lowest BCUT2D eigenvalue weighted by Crippen LogP contribution is -2.28. The first-order valence-corrected chi connectivity index (χ1v) is 21.8. The molecule has 1 heterocycles. The summed E-state index contributed by atoms with van der Waals surface area (Å²) in [6.07, 6.45) is 24.2. The zero-order chi connectivity index (χ0) is 38.9. The van der Waals surface area contributed by atoms with Crippen LogP contribution in [0.4, 0.5) is 0 Å². The van der Waals surface area contributed by atoms with Crippen molar-refractivity contribution in [1.29, 1.82) is 0 Å². The minimum Gasteiger partial charge on any atom is -0.466 e. The second-order valence-corrected chi connectivity index (χ2v) is 15.7. The maximum atomic E-state index is 12.8. The maximum absolute atomic E-state index is 12.8. The Morgan fingerprint density at radius 3 is 1.72 bits per heavy atom. The van der Waals surface area contributed by atoms with Gasteiger partial charge in [-0.05, 0) is 128 Å². The molecule has 2 atom stereocenters. The van der Waals surface area contributed by atoms with Crippen LogP contribution < -0.4 is 0 Å². The summed E-state index contributed by atoms with van der Waals surface area (Å²) in [6, 6.07) is 0.463. The van der Waals surface area contributed by atoms with Crippen molar-refractivity contribution in [3.05, 3.63) is 29.3 Å². The molecule has 0 N–H and O–H groups in total. The van der Waals surface area contributed by atoms with Gasteiger partial charge in [0.1, 0.15) is 6.10 Å². The molecule has 1 fully saturated rings. The number of esters is 3. The molecule has 0 spiro atoms. The zero-order valence-electron chi connectivity index (χ0n) is 34.9. The Labute approximate surface area is 325 Å². The third-order valence-electron chi connectivity index (χ3n) is 10.8. The Balaban J connectivity index is 2.94. The van der Waals surface area contributed by atoms with Crippen molar-refractivity contribution in [3.8, 4) is 0 Å². The minimum absolute atomic E-state index is 0.0379. The van der Waals surface area contributed by atoms with E-state index in [1.807, 2.05) is 0 Å². The van der Waals surface area contributed by atoms with E-state index in [9.17, 15) is 14.4 Å². The largest absolute Gasteiger partial charge is 0.466 e. The highest BCUT2D eigenvalue weighted by molar-refractivity contribution is 5.70. The molecule has 53 heavy (non-hydrogen) atoms. The van der Waals surface area contributed by atoms with E-state index in [4.69, 9.17) is 14.2 Å². The number of hydrogen-bond acceptors (Lipinski definition) is 7. The van der Waals surface area contributed by atoms with Crippen LogP contribution in [-0.2, 0) is 28.6 Å². The highest BCUT2D eigenvalue weighted by Crippen LogP contribution is 2.33. The fourth-order valence-corrected chi connectivity index (χ4v) is 7.20. The Morgan fingerprint density at radius 1 is 0.755 bits per heavy atom. The van der Waals surface area contributed by atoms with Crippen LogP contribution in [0.25, 0.3) is 0 Å². The Morgan fingerprint density at radius 2 is 1.25 bits per heavy atom. The molecular formula is C46H79NO6. The molecule has 1 aliphatic rings. The molecule has 2 unspecified atom stereocenters. The van der Waals surface area contributed by atoms with Crippen molar-refractivity contribution in [2.75, 3.05) is 26.8 Å². The van der Waals surface area contributed by atoms with E-state index in [0.717, 1.165) is 154 Å². The van der Waals surface area contributed by atoms with Crippen molar-refractivity contribution in [2.24, 2.45) is 11.8 Å². The summed E-state index contributed by atoms with van der Waals surface area (Å²) < 4.78 is 17.6. The van der Waals surface area contributed by atoms with Gasteiger partial charge in [-0.3, -0.25) is 14.4 Å². The fourth-order valence-electron chi connectivity index (χ4n) is 7.20. The van der Waals surface area contributed by atoms with Gasteiger partial charge in [0.05, 0.1) is 13.2 Å². The van der Waals surface area contributed by atoms with Crippen LogP contribution in [0.5, 0.6) is 0 Å². The normalized spacial score (nSPS) is 21.6. The SMILES string of the molecule is C=C=C=C=C1C(CCCCC)CCOC(=O)CCCCCCCC(OC(=O)CCCN(C)C(C)C)CCCCCCCC(=O)OCCC1CCCCC. The quantitative estimate of drug-likeness (QED) is 0.0758. The van der Waals surface area contributed by atoms with Crippen LogP contribution >= 0.6 is 0 Å². The number of unbranched alkanes of at least 4 members (excludes halogenated alkanes) is 4. The molecule has 1 aliphatic heterocycles. The molecule has 0 aromatic rings. The van der Waals surface area contributed by atoms with Crippen molar-refractivity contribution < 1.29 is 28.6 Å². The number of cyclic esters (lactones) is 2. The second-order valence-electron chi connectivity index (χ2n) is 15.7. The van der Waals surface area contributed by atoms with Gasteiger partial charge in [-0.1, -0.05) is 102 Å². The number of rotatable bonds is 14. The Kier molecular flexibility index (Phi) is 30.0. The number of allylic oxidation sites excluding steroid dienone is 1. The molecule has 1 rings (SSSR count). The third kappa shape index (κ3) is 26.0. The molecule has 7 heteroatoms. The lowest BCUT2D eigenvalue weighted by molar-refractivity contribution is -0.150. The number of carbonyl (C=O) groups is 3. The van der Waals surface area contributed by atoms with Crippen molar-refractivity contribution in [2.45, 2.75) is 207 Å². The molecule has 0 aliphatic carbocycles. The summed E-state index contributed by atoms with van der Waals surface area (Å²) in [7, 11) is 2.09. The first-order chi connectivity index (χ1) is 25.7. The van der Waals surface area contributed by atoms with Crippen LogP contribution in [0.2, 0.25) is 0 Å². The van der Waals surface area contributed by atoms with Crippen LogP contribution in [0.3, 0.4) is 0 Å². The van der Waals surface area contributed by atoms with Crippen LogP contribution in [0.15, 0.2) is 29.3 Å². The third-order valence-corrected chi connectivity index (χ3v) is 10.8. The Hall–Kier alpha value is -2.55. The second kappa shape index (κ2) is 32.8. The summed E-state index contributed by atoms with van der Waals surface area (Å²) in [5.74, 6) is 0.102. The van der Waals surface area contributed by atoms with E-state index in [2.05, 4.69) is 63.4 Å². The smallest absolute Gasteiger partial charge is 0.306 e. The van der Waals surface area contributed by atoms with Crippen LogP contribution in [0.1, 0.15) is 195 Å². The predicted molar refractivity (Wildman–Crippen MR) is 218 cm³/mol. The van der Waals surface area contributed by atoms with E-state index in [0.29, 0.717) is 38.5 Å². The molecular weight excluding hydrogens is 663 g/mol. The zero-order valence-corrected chi connectivity index (χ0v) is 34.9. The number of nitrogens with zero attached hydrogens (tertiary/aromatic N) is 1. The van der Waals surface area contributed by atoms with E-state index in [-0.39, 0.29) is 35.8 Å². The summed E-state index contributed by atoms with van der Waals surface area (Å²) in [4.78, 5) is 40.5. The maximum Gasteiger partial charge on any atom is 0.306 e. The number of carbonyl (C=O) groups excluding carboxylic acids is 3. The topological polar surface area (TPSA) is 82.1 Å². The highest BCUT2D eigenvalue weighted by Gasteiger charge is 2.24. The van der Waals surface area contributed by atoms with Gasteiger partial charge in [0.2, 0.25) is 0 Å². The molecule has 1 saturated heterocycles. The van der Waals surface area contributed by atoms with Crippen molar-refractivity contribution >= 4 is 17.9 Å². The fraction of sp³-hybridized carbons (Fsp3) is 0.826. The number of hydrogen-bond donors (Lipinski definition) is 0. The van der Waals surface area contributed by atoms with E-state index in [1.165, 1.54) is 5.57 Å². The molecule has 0 aromatic carbocycles. The van der Waals surface area contributed by atoms with Crippen molar-refractivity contribution in [3.63, 3.8) is 0 Å². The van der Waals surface area contributed by atoms with E-state index >= 15 is 0 Å². The van der Waals surface area contributed by atoms with Gasteiger partial charge in [0.15, 0.2) is 0 Å². The minimum atomic E-state index is -0.122. The summed E-state index contributed by atoms with van der Waals surface area (Å²) in [5.41, 5.74) is 10.4. The summed E-state index contributed by atoms with van der Waals surface area (Å²) in [6.45, 7) is 14.2. The first kappa shape index (κ1) is 48.5. The first-order valence-electron chi connectivity index (χ1n) is 21.8. The monoisotopic (exact) mass is 742 g/mol. The molecule has 0 bridgehead atoms. The van der Waals surface area contributed by atoms with Crippen LogP contribution in [0, 0.1) is 11.8 Å². The van der Waals surface area contributed by atoms with E-state index < -0.39 is 0 Å². The van der Waals surface area contributed by atoms with Gasteiger partial charge >= 0.3 is 17.9 Å². The van der Waals surface area contributed by atoms with E-state index in [1.54, 1.807) is 0 Å². The highest BCUT2D eigenvalue weighted by atomic mass is 16.5. The lowest BCUT2D eigenvalue weighted by Gasteiger charge is -2.26. The summed E-state index contributed by atoms with van der Waals surface area (Å²) in [5, 5.41) is 0. The van der Waals surface area contributed by atoms with Gasteiger partial charge in [-0.25, -0.2) is 0 Å². The standard InChI is InChI=1S/C46H79NO6/c1-7-10-19-26-40-34-37-51-44(48)31-23-17-13-15-21-28-42(53-46(50)33-25-36-47(6)39(4)5)29-22-16-14-18-24-32-45(49)52-38-35-41(27-20-11-8-2)43(40)30-12-9-3/h39-42H,3,7-8,10-11,13-29,31-38H2,1-2,4-6H3. The van der Waals surface area contributed by atoms with Gasteiger partial charge in [-0.15, -0.1) is 0 Å². The molecule has 0 aromatic heterocycles. The molecule has 304 valence electrons. The number of ether oxygens (including phenoxy) is 3. The van der Waals surface area contributed by atoms with Gasteiger partial charge < -0.3 is 19.1 Å². The predicted octanol–water partition coefficient (Wildman–Crippen LogP) is 11.8. The Bertz CT molecular complexity index is 1050. The van der Waals surface area contributed by atoms with Crippen LogP contribution in [-0.4, -0.2) is 61.8 Å².